The quantitative estimate of drug-likeness (QED) is 0.736. The molecule has 1 amide bonds. The maximum Gasteiger partial charge on any atom is 0.274 e. The molecule has 0 spiro atoms. The minimum atomic E-state index is -0.0300. The largest absolute Gasteiger partial charge is 0.464 e. The molecule has 130 valence electrons. The highest BCUT2D eigenvalue weighted by atomic mass is 16.5. The predicted molar refractivity (Wildman–Crippen MR) is 93.3 cm³/mol. The van der Waals surface area contributed by atoms with Crippen LogP contribution < -0.4 is 0 Å². The number of fused-ring (bicyclic) bond motifs is 1. The number of carbonyl (C=O) groups excluding carboxylic acids is 1. The molecule has 6 heteroatoms. The van der Waals surface area contributed by atoms with Crippen molar-refractivity contribution < 1.29 is 13.9 Å². The van der Waals surface area contributed by atoms with Gasteiger partial charge in [-0.1, -0.05) is 12.1 Å². The van der Waals surface area contributed by atoms with E-state index in [-0.39, 0.29) is 11.8 Å². The molecule has 3 aromatic rings. The van der Waals surface area contributed by atoms with Gasteiger partial charge in [-0.15, -0.1) is 0 Å². The molecule has 0 N–H and O–H groups in total. The Morgan fingerprint density at radius 2 is 2.28 bits per heavy atom. The van der Waals surface area contributed by atoms with Gasteiger partial charge in [-0.2, -0.15) is 0 Å². The molecule has 1 aliphatic heterocycles. The molecule has 1 unspecified atom stereocenters. The molecule has 0 bridgehead atoms. The third-order valence-corrected chi connectivity index (χ3v) is 4.64. The van der Waals surface area contributed by atoms with Crippen molar-refractivity contribution in [3.05, 3.63) is 54.3 Å². The molecule has 0 saturated carbocycles. The van der Waals surface area contributed by atoms with Crippen LogP contribution in [0.4, 0.5) is 0 Å². The normalized spacial score (nSPS) is 18.4. The average Bonchev–Trinajstić information content (AvgIpc) is 3.20. The van der Waals surface area contributed by atoms with E-state index in [1.54, 1.807) is 23.4 Å². The Hall–Kier alpha value is -2.60. The van der Waals surface area contributed by atoms with Gasteiger partial charge in [0.1, 0.15) is 11.3 Å². The van der Waals surface area contributed by atoms with E-state index < -0.39 is 0 Å². The van der Waals surface area contributed by atoms with Gasteiger partial charge in [0, 0.05) is 37.6 Å². The summed E-state index contributed by atoms with van der Waals surface area (Å²) in [6, 6.07) is 8.10. The number of hydrogen-bond donors (Lipinski definition) is 0. The van der Waals surface area contributed by atoms with Gasteiger partial charge in [0.2, 0.25) is 0 Å². The van der Waals surface area contributed by atoms with Gasteiger partial charge in [-0.05, 0) is 24.1 Å². The minimum Gasteiger partial charge on any atom is -0.464 e. The van der Waals surface area contributed by atoms with Crippen molar-refractivity contribution in [1.29, 1.82) is 0 Å². The number of ether oxygens (including phenoxy) is 1. The molecular formula is C19H21N3O3. The van der Waals surface area contributed by atoms with E-state index in [2.05, 4.69) is 11.1 Å². The molecule has 6 nitrogen and oxygen atoms in total. The molecule has 25 heavy (non-hydrogen) atoms. The van der Waals surface area contributed by atoms with Crippen molar-refractivity contribution in [3.8, 4) is 0 Å². The summed E-state index contributed by atoms with van der Waals surface area (Å²) >= 11 is 0. The Balaban J connectivity index is 1.52. The van der Waals surface area contributed by atoms with E-state index in [1.807, 2.05) is 30.1 Å². The first-order valence-electron chi connectivity index (χ1n) is 8.51. The lowest BCUT2D eigenvalue weighted by Gasteiger charge is -2.23. The number of furan rings is 1. The third-order valence-electron chi connectivity index (χ3n) is 4.64. The SMILES string of the molecule is Cn1cnc(C(=O)N2CCOCC(Cc3cccc4occc34)C2)c1. The number of imidazole rings is 1. The van der Waals surface area contributed by atoms with Crippen molar-refractivity contribution in [3.63, 3.8) is 0 Å². The van der Waals surface area contributed by atoms with Crippen LogP contribution in [0.3, 0.4) is 0 Å². The zero-order chi connectivity index (χ0) is 17.2. The Kier molecular flexibility index (Phi) is 4.28. The first-order valence-corrected chi connectivity index (χ1v) is 8.51. The molecule has 1 fully saturated rings. The molecule has 1 aromatic carbocycles. The smallest absolute Gasteiger partial charge is 0.274 e. The Labute approximate surface area is 146 Å². The van der Waals surface area contributed by atoms with Gasteiger partial charge >= 0.3 is 0 Å². The van der Waals surface area contributed by atoms with Crippen LogP contribution in [0, 0.1) is 5.92 Å². The summed E-state index contributed by atoms with van der Waals surface area (Å²) in [5, 5.41) is 1.13. The van der Waals surface area contributed by atoms with Gasteiger partial charge < -0.3 is 18.6 Å². The highest BCUT2D eigenvalue weighted by Gasteiger charge is 2.25. The number of nitrogens with zero attached hydrogens (tertiary/aromatic N) is 3. The fourth-order valence-electron chi connectivity index (χ4n) is 3.42. The summed E-state index contributed by atoms with van der Waals surface area (Å²) < 4.78 is 13.0. The van der Waals surface area contributed by atoms with Crippen LogP contribution in [0.15, 0.2) is 47.5 Å². The van der Waals surface area contributed by atoms with Crippen LogP contribution in [0.25, 0.3) is 11.0 Å². The number of aryl methyl sites for hydroxylation is 1. The van der Waals surface area contributed by atoms with Crippen molar-refractivity contribution in [2.75, 3.05) is 26.3 Å². The number of aromatic nitrogens is 2. The second-order valence-corrected chi connectivity index (χ2v) is 6.57. The number of carbonyl (C=O) groups is 1. The Morgan fingerprint density at radius 3 is 3.12 bits per heavy atom. The fraction of sp³-hybridized carbons (Fsp3) is 0.368. The number of hydrogen-bond acceptors (Lipinski definition) is 4. The Bertz CT molecular complexity index is 883. The molecule has 4 rings (SSSR count). The Morgan fingerprint density at radius 1 is 1.36 bits per heavy atom. The zero-order valence-corrected chi connectivity index (χ0v) is 14.2. The molecule has 1 saturated heterocycles. The molecule has 2 aromatic heterocycles. The number of benzene rings is 1. The lowest BCUT2D eigenvalue weighted by molar-refractivity contribution is 0.0732. The van der Waals surface area contributed by atoms with Crippen LogP contribution in [-0.2, 0) is 18.2 Å². The van der Waals surface area contributed by atoms with Crippen molar-refractivity contribution in [1.82, 2.24) is 14.5 Å². The average molecular weight is 339 g/mol. The molecular weight excluding hydrogens is 318 g/mol. The molecule has 3 heterocycles. The van der Waals surface area contributed by atoms with Crippen molar-refractivity contribution in [2.24, 2.45) is 13.0 Å². The fourth-order valence-corrected chi connectivity index (χ4v) is 3.42. The van der Waals surface area contributed by atoms with E-state index in [0.29, 0.717) is 32.0 Å². The van der Waals surface area contributed by atoms with E-state index in [0.717, 1.165) is 17.4 Å². The number of amides is 1. The van der Waals surface area contributed by atoms with Gasteiger partial charge in [0.25, 0.3) is 5.91 Å². The van der Waals surface area contributed by atoms with Crippen LogP contribution in [-0.4, -0.2) is 46.7 Å². The summed E-state index contributed by atoms with van der Waals surface area (Å²) in [5.74, 6) is 0.216. The van der Waals surface area contributed by atoms with E-state index in [9.17, 15) is 4.79 Å². The maximum absolute atomic E-state index is 12.7. The van der Waals surface area contributed by atoms with Crippen LogP contribution >= 0.6 is 0 Å². The molecule has 1 atom stereocenters. The highest BCUT2D eigenvalue weighted by molar-refractivity contribution is 5.92. The van der Waals surface area contributed by atoms with E-state index >= 15 is 0 Å². The van der Waals surface area contributed by atoms with Crippen LogP contribution in [0.5, 0.6) is 0 Å². The first-order chi connectivity index (χ1) is 12.2. The summed E-state index contributed by atoms with van der Waals surface area (Å²) in [6.45, 7) is 2.48. The standard InChI is InChI=1S/C19H21N3O3/c1-21-11-17(20-13-21)19(23)22-6-8-24-12-14(10-22)9-15-3-2-4-18-16(15)5-7-25-18/h2-5,7,11,13-14H,6,8-10,12H2,1H3. The van der Waals surface area contributed by atoms with Gasteiger partial charge in [0.15, 0.2) is 0 Å². The summed E-state index contributed by atoms with van der Waals surface area (Å²) in [5.41, 5.74) is 2.61. The monoisotopic (exact) mass is 339 g/mol. The molecule has 1 aliphatic rings. The van der Waals surface area contributed by atoms with Crippen LogP contribution in [0.2, 0.25) is 0 Å². The minimum absolute atomic E-state index is 0.0300. The second kappa shape index (κ2) is 6.72. The predicted octanol–water partition coefficient (Wildman–Crippen LogP) is 2.50. The van der Waals surface area contributed by atoms with E-state index in [4.69, 9.17) is 9.15 Å². The lowest BCUT2D eigenvalue weighted by Crippen LogP contribution is -2.36. The summed E-state index contributed by atoms with van der Waals surface area (Å²) in [7, 11) is 1.86. The van der Waals surface area contributed by atoms with Crippen molar-refractivity contribution in [2.45, 2.75) is 6.42 Å². The third kappa shape index (κ3) is 3.30. The summed E-state index contributed by atoms with van der Waals surface area (Å²) in [6.07, 6.45) is 5.98. The van der Waals surface area contributed by atoms with Gasteiger partial charge in [-0.3, -0.25) is 4.79 Å². The van der Waals surface area contributed by atoms with Crippen molar-refractivity contribution >= 4 is 16.9 Å². The first kappa shape index (κ1) is 15.9. The second-order valence-electron chi connectivity index (χ2n) is 6.57. The van der Waals surface area contributed by atoms with Gasteiger partial charge in [0.05, 0.1) is 25.8 Å². The van der Waals surface area contributed by atoms with Crippen LogP contribution in [0.1, 0.15) is 16.1 Å². The summed E-state index contributed by atoms with van der Waals surface area (Å²) in [4.78, 5) is 18.8. The molecule has 0 aliphatic carbocycles. The van der Waals surface area contributed by atoms with E-state index in [1.165, 1.54) is 5.56 Å². The topological polar surface area (TPSA) is 60.5 Å². The van der Waals surface area contributed by atoms with Gasteiger partial charge in [-0.25, -0.2) is 4.98 Å². The highest BCUT2D eigenvalue weighted by Crippen LogP contribution is 2.24. The number of rotatable bonds is 3. The molecule has 0 radical (unpaired) electrons. The lowest BCUT2D eigenvalue weighted by atomic mass is 9.97. The maximum atomic E-state index is 12.7. The zero-order valence-electron chi connectivity index (χ0n) is 14.2.